The minimum atomic E-state index is -0.719. The van der Waals surface area contributed by atoms with Gasteiger partial charge in [0.15, 0.2) is 5.75 Å². The van der Waals surface area contributed by atoms with Crippen LogP contribution in [-0.2, 0) is 0 Å². The topological polar surface area (TPSA) is 72.6 Å². The van der Waals surface area contributed by atoms with Crippen molar-refractivity contribution in [3.63, 3.8) is 0 Å². The summed E-state index contributed by atoms with van der Waals surface area (Å²) in [6.45, 7) is 1.61. The first-order valence-corrected chi connectivity index (χ1v) is 6.25. The third kappa shape index (κ3) is 3.07. The maximum atomic E-state index is 10.8. The number of non-ortho nitro benzene ring substituents is 1. The van der Waals surface area contributed by atoms with Gasteiger partial charge < -0.3 is 9.84 Å². The molecule has 0 radical (unpaired) electrons. The lowest BCUT2D eigenvalue weighted by Crippen LogP contribution is -1.96. The predicted octanol–water partition coefficient (Wildman–Crippen LogP) is 4.09. The smallest absolute Gasteiger partial charge is 0.273 e. The van der Waals surface area contributed by atoms with Crippen molar-refractivity contribution in [2.75, 3.05) is 0 Å². The first kappa shape index (κ1) is 14.3. The molecule has 0 aliphatic heterocycles. The van der Waals surface area contributed by atoms with Gasteiger partial charge in [-0.15, -0.1) is 0 Å². The second kappa shape index (κ2) is 5.90. The molecule has 0 aliphatic rings. The molecule has 5 nitrogen and oxygen atoms in total. The molecule has 0 saturated carbocycles. The molecule has 20 heavy (non-hydrogen) atoms. The van der Waals surface area contributed by atoms with Gasteiger partial charge in [0.1, 0.15) is 5.75 Å². The van der Waals surface area contributed by atoms with Gasteiger partial charge in [-0.2, -0.15) is 0 Å². The Morgan fingerprint density at radius 3 is 2.60 bits per heavy atom. The molecule has 0 fully saturated rings. The van der Waals surface area contributed by atoms with E-state index in [0.717, 1.165) is 0 Å². The Morgan fingerprint density at radius 2 is 1.95 bits per heavy atom. The number of hydrogen-bond acceptors (Lipinski definition) is 4. The first-order valence-electron chi connectivity index (χ1n) is 5.88. The Kier molecular flexibility index (Phi) is 4.22. The van der Waals surface area contributed by atoms with Gasteiger partial charge >= 0.3 is 0 Å². The Morgan fingerprint density at radius 1 is 1.25 bits per heavy atom. The van der Waals surface area contributed by atoms with Crippen molar-refractivity contribution in [3.05, 3.63) is 63.2 Å². The summed E-state index contributed by atoms with van der Waals surface area (Å²) in [5.41, 5.74) is 0.467. The van der Waals surface area contributed by atoms with E-state index in [1.165, 1.54) is 18.2 Å². The number of para-hydroxylation sites is 1. The van der Waals surface area contributed by atoms with Gasteiger partial charge in [-0.3, -0.25) is 10.1 Å². The van der Waals surface area contributed by atoms with Crippen LogP contribution in [0.3, 0.4) is 0 Å². The normalized spacial score (nSPS) is 11.9. The molecule has 1 N–H and O–H groups in total. The van der Waals surface area contributed by atoms with Crippen molar-refractivity contribution >= 4 is 17.3 Å². The summed E-state index contributed by atoms with van der Waals surface area (Å²) in [6.07, 6.45) is -0.719. The number of aliphatic hydroxyl groups excluding tert-OH is 1. The highest BCUT2D eigenvalue weighted by molar-refractivity contribution is 6.32. The number of benzene rings is 2. The Balaban J connectivity index is 2.40. The maximum Gasteiger partial charge on any atom is 0.273 e. The van der Waals surface area contributed by atoms with Gasteiger partial charge in [0.05, 0.1) is 22.1 Å². The number of nitrogens with zero attached hydrogens (tertiary/aromatic N) is 1. The number of ether oxygens (including phenoxy) is 1. The zero-order valence-corrected chi connectivity index (χ0v) is 11.4. The average Bonchev–Trinajstić information content (AvgIpc) is 2.41. The molecular weight excluding hydrogens is 282 g/mol. The lowest BCUT2D eigenvalue weighted by molar-refractivity contribution is -0.384. The lowest BCUT2D eigenvalue weighted by Gasteiger charge is -2.13. The molecule has 0 saturated heterocycles. The highest BCUT2D eigenvalue weighted by Gasteiger charge is 2.14. The molecule has 104 valence electrons. The van der Waals surface area contributed by atoms with Crippen LogP contribution in [0.1, 0.15) is 18.6 Å². The molecule has 0 spiro atoms. The summed E-state index contributed by atoms with van der Waals surface area (Å²) in [7, 11) is 0. The van der Waals surface area contributed by atoms with E-state index in [4.69, 9.17) is 16.3 Å². The fourth-order valence-electron chi connectivity index (χ4n) is 1.72. The van der Waals surface area contributed by atoms with Crippen molar-refractivity contribution < 1.29 is 14.8 Å². The SMILES string of the molecule is C[C@H](O)c1ccccc1Oc1cc([N+](=O)[O-])ccc1Cl. The van der Waals surface area contributed by atoms with Crippen LogP contribution in [0.4, 0.5) is 5.69 Å². The first-order chi connectivity index (χ1) is 9.49. The molecule has 2 aromatic carbocycles. The van der Waals surface area contributed by atoms with Gasteiger partial charge in [0, 0.05) is 11.6 Å². The molecule has 0 amide bonds. The predicted molar refractivity (Wildman–Crippen MR) is 75.3 cm³/mol. The number of rotatable bonds is 4. The number of aliphatic hydroxyl groups is 1. The van der Waals surface area contributed by atoms with Crippen LogP contribution in [0.15, 0.2) is 42.5 Å². The summed E-state index contributed by atoms with van der Waals surface area (Å²) in [5.74, 6) is 0.582. The summed E-state index contributed by atoms with van der Waals surface area (Å²) in [4.78, 5) is 10.2. The van der Waals surface area contributed by atoms with E-state index in [1.54, 1.807) is 31.2 Å². The van der Waals surface area contributed by atoms with Crippen LogP contribution in [0.25, 0.3) is 0 Å². The van der Waals surface area contributed by atoms with Crippen LogP contribution in [0.2, 0.25) is 5.02 Å². The average molecular weight is 294 g/mol. The van der Waals surface area contributed by atoms with Gasteiger partial charge in [-0.25, -0.2) is 0 Å². The lowest BCUT2D eigenvalue weighted by atomic mass is 10.1. The van der Waals surface area contributed by atoms with E-state index >= 15 is 0 Å². The quantitative estimate of drug-likeness (QED) is 0.680. The van der Waals surface area contributed by atoms with Crippen molar-refractivity contribution in [2.45, 2.75) is 13.0 Å². The second-order valence-corrected chi connectivity index (χ2v) is 4.59. The van der Waals surface area contributed by atoms with Crippen LogP contribution in [-0.4, -0.2) is 10.0 Å². The zero-order chi connectivity index (χ0) is 14.7. The van der Waals surface area contributed by atoms with Gasteiger partial charge in [-0.1, -0.05) is 29.8 Å². The van der Waals surface area contributed by atoms with Crippen LogP contribution >= 0.6 is 11.6 Å². The minimum absolute atomic E-state index is 0.112. The molecule has 0 aliphatic carbocycles. The fourth-order valence-corrected chi connectivity index (χ4v) is 1.88. The monoisotopic (exact) mass is 293 g/mol. The summed E-state index contributed by atoms with van der Waals surface area (Å²) in [6, 6.07) is 10.8. The largest absolute Gasteiger partial charge is 0.455 e. The fraction of sp³-hybridized carbons (Fsp3) is 0.143. The number of nitro benzene ring substituents is 1. The van der Waals surface area contributed by atoms with E-state index in [1.807, 2.05) is 0 Å². The van der Waals surface area contributed by atoms with E-state index in [-0.39, 0.29) is 16.5 Å². The van der Waals surface area contributed by atoms with Gasteiger partial charge in [0.25, 0.3) is 5.69 Å². The van der Waals surface area contributed by atoms with E-state index < -0.39 is 11.0 Å². The van der Waals surface area contributed by atoms with Crippen molar-refractivity contribution in [2.24, 2.45) is 0 Å². The molecule has 0 unspecified atom stereocenters. The second-order valence-electron chi connectivity index (χ2n) is 4.19. The Labute approximate surface area is 120 Å². The standard InChI is InChI=1S/C14H12ClNO4/c1-9(17)11-4-2-3-5-13(11)20-14-8-10(16(18)19)6-7-12(14)15/h2-9,17H,1H3/t9-/m0/s1. The zero-order valence-electron chi connectivity index (χ0n) is 10.6. The third-order valence-electron chi connectivity index (χ3n) is 2.71. The van der Waals surface area contributed by atoms with E-state index in [9.17, 15) is 15.2 Å². The Hall–Kier alpha value is -2.11. The third-order valence-corrected chi connectivity index (χ3v) is 3.03. The maximum absolute atomic E-state index is 10.8. The molecule has 6 heteroatoms. The summed E-state index contributed by atoms with van der Waals surface area (Å²) >= 11 is 5.97. The van der Waals surface area contributed by atoms with Crippen LogP contribution in [0, 0.1) is 10.1 Å². The highest BCUT2D eigenvalue weighted by Crippen LogP contribution is 2.35. The minimum Gasteiger partial charge on any atom is -0.455 e. The van der Waals surface area contributed by atoms with E-state index in [0.29, 0.717) is 11.3 Å². The molecule has 1 atom stereocenters. The van der Waals surface area contributed by atoms with Crippen LogP contribution < -0.4 is 4.74 Å². The van der Waals surface area contributed by atoms with E-state index in [2.05, 4.69) is 0 Å². The number of halogens is 1. The number of hydrogen-bond donors (Lipinski definition) is 1. The Bertz CT molecular complexity index is 643. The summed E-state index contributed by atoms with van der Waals surface area (Å²) in [5, 5.41) is 20.7. The molecule has 0 bridgehead atoms. The molecule has 0 aromatic heterocycles. The van der Waals surface area contributed by atoms with Crippen molar-refractivity contribution in [3.8, 4) is 11.5 Å². The number of nitro groups is 1. The van der Waals surface area contributed by atoms with Crippen LogP contribution in [0.5, 0.6) is 11.5 Å². The molecule has 2 aromatic rings. The highest BCUT2D eigenvalue weighted by atomic mass is 35.5. The van der Waals surface area contributed by atoms with Crippen molar-refractivity contribution in [1.29, 1.82) is 0 Å². The molecular formula is C14H12ClNO4. The molecule has 0 heterocycles. The van der Waals surface area contributed by atoms with Gasteiger partial charge in [-0.05, 0) is 19.1 Å². The summed E-state index contributed by atoms with van der Waals surface area (Å²) < 4.78 is 5.60. The van der Waals surface area contributed by atoms with Gasteiger partial charge in [0.2, 0.25) is 0 Å². The van der Waals surface area contributed by atoms with Crippen molar-refractivity contribution in [1.82, 2.24) is 0 Å². The molecule has 2 rings (SSSR count).